The Morgan fingerprint density at radius 1 is 0.800 bits per heavy atom. The van der Waals surface area contributed by atoms with Crippen LogP contribution in [0, 0.1) is 27.7 Å². The Hall–Kier alpha value is -0.0213. The Balaban J connectivity index is 0.00000196. The van der Waals surface area contributed by atoms with Crippen LogP contribution in [0.1, 0.15) is 22.3 Å². The molecule has 1 aromatic rings. The van der Waals surface area contributed by atoms with Crippen LogP contribution in [0.5, 0.6) is 0 Å². The quantitative estimate of drug-likeness (QED) is 0.553. The fourth-order valence-electron chi connectivity index (χ4n) is 1.89. The van der Waals surface area contributed by atoms with Crippen molar-refractivity contribution >= 4 is 29.6 Å². The summed E-state index contributed by atoms with van der Waals surface area (Å²) in [6.45, 7) is 8.84. The molecule has 1 nitrogen and oxygen atoms in total. The molecule has 0 atom stereocenters. The number of quaternary nitrogens is 1. The maximum Gasteiger partial charge on any atom is 0.135 e. The fraction of sp³-hybridized carbons (Fsp3) is 0.538. The topological polar surface area (TPSA) is 0 Å². The maximum atomic E-state index is 2.32. The second kappa shape index (κ2) is 4.87. The summed E-state index contributed by atoms with van der Waals surface area (Å²) < 4.78 is 0.897. The number of hydrogen-bond donors (Lipinski definition) is 0. The molecular weight excluding hydrogens is 289 g/mol. The van der Waals surface area contributed by atoms with Gasteiger partial charge < -0.3 is 0 Å². The van der Waals surface area contributed by atoms with Gasteiger partial charge in [0.1, 0.15) is 5.69 Å². The number of rotatable bonds is 1. The van der Waals surface area contributed by atoms with Gasteiger partial charge in [-0.2, -0.15) is 0 Å². The number of hydrogen-bond acceptors (Lipinski definition) is 0. The first kappa shape index (κ1) is 15.0. The summed E-state index contributed by atoms with van der Waals surface area (Å²) >= 11 is 0. The Bertz CT molecular complexity index is 362. The molecule has 0 aliphatic carbocycles. The summed E-state index contributed by atoms with van der Waals surface area (Å²) in [5.74, 6) is 0. The van der Waals surface area contributed by atoms with Crippen molar-refractivity contribution in [1.82, 2.24) is 4.48 Å². The van der Waals surface area contributed by atoms with Gasteiger partial charge in [0, 0.05) is 35.5 Å². The van der Waals surface area contributed by atoms with Gasteiger partial charge in [0.2, 0.25) is 0 Å². The number of benzene rings is 1. The first-order valence-corrected chi connectivity index (χ1v) is 5.14. The monoisotopic (exact) mass is 312 g/mol. The van der Waals surface area contributed by atoms with E-state index in [1.54, 1.807) is 0 Å². The Morgan fingerprint density at radius 3 is 1.67 bits per heavy atom. The van der Waals surface area contributed by atoms with Gasteiger partial charge in [0.05, 0.1) is 21.1 Å². The zero-order valence-electron chi connectivity index (χ0n) is 11.0. The van der Waals surface area contributed by atoms with Gasteiger partial charge in [-0.3, -0.25) is 4.48 Å². The van der Waals surface area contributed by atoms with Crippen molar-refractivity contribution in [2.45, 2.75) is 27.7 Å². The molecule has 0 spiro atoms. The van der Waals surface area contributed by atoms with Crippen LogP contribution in [0.25, 0.3) is 0 Å². The zero-order chi connectivity index (χ0) is 11.1. The van der Waals surface area contributed by atoms with Gasteiger partial charge in [0.15, 0.2) is 0 Å². The normalized spacial score (nSPS) is 11.1. The minimum absolute atomic E-state index is 0. The number of nitrogens with zero attached hydrogens (tertiary/aromatic N) is 1. The van der Waals surface area contributed by atoms with Gasteiger partial charge in [0.25, 0.3) is 0 Å². The van der Waals surface area contributed by atoms with E-state index < -0.39 is 0 Å². The third-order valence-electron chi connectivity index (χ3n) is 3.18. The summed E-state index contributed by atoms with van der Waals surface area (Å²) in [7, 11) is 6.66. The average molecular weight is 311 g/mol. The van der Waals surface area contributed by atoms with E-state index in [0.717, 1.165) is 4.48 Å². The zero-order valence-corrected chi connectivity index (χ0v) is 13.9. The van der Waals surface area contributed by atoms with E-state index in [2.05, 4.69) is 54.9 Å². The SMILES string of the molecule is Cc1cc([N+](C)(C)C)c(C)c(C)c1C.[Sn]. The van der Waals surface area contributed by atoms with Crippen LogP contribution in [0.2, 0.25) is 0 Å². The molecule has 0 unspecified atom stereocenters. The molecule has 0 fully saturated rings. The van der Waals surface area contributed by atoms with E-state index >= 15 is 0 Å². The summed E-state index contributed by atoms with van der Waals surface area (Å²) in [5.41, 5.74) is 7.12. The van der Waals surface area contributed by atoms with Crippen LogP contribution < -0.4 is 4.48 Å². The van der Waals surface area contributed by atoms with Gasteiger partial charge in [-0.05, 0) is 44.4 Å². The summed E-state index contributed by atoms with van der Waals surface area (Å²) in [5, 5.41) is 0. The van der Waals surface area contributed by atoms with Crippen molar-refractivity contribution in [3.8, 4) is 0 Å². The molecule has 82 valence electrons. The predicted molar refractivity (Wildman–Crippen MR) is 70.7 cm³/mol. The molecule has 0 N–H and O–H groups in total. The van der Waals surface area contributed by atoms with E-state index in [1.165, 1.54) is 27.9 Å². The second-order valence-corrected chi connectivity index (χ2v) is 5.10. The summed E-state index contributed by atoms with van der Waals surface area (Å²) in [6.07, 6.45) is 0. The average Bonchev–Trinajstić information content (AvgIpc) is 2.06. The van der Waals surface area contributed by atoms with Gasteiger partial charge in [-0.25, -0.2) is 0 Å². The van der Waals surface area contributed by atoms with E-state index in [-0.39, 0.29) is 23.9 Å². The van der Waals surface area contributed by atoms with Crippen molar-refractivity contribution in [3.63, 3.8) is 0 Å². The molecule has 0 saturated heterocycles. The van der Waals surface area contributed by atoms with E-state index in [1.807, 2.05) is 0 Å². The maximum absolute atomic E-state index is 2.32. The van der Waals surface area contributed by atoms with Crippen LogP contribution in [-0.4, -0.2) is 45.1 Å². The Morgan fingerprint density at radius 2 is 1.27 bits per heavy atom. The molecule has 2 heteroatoms. The first-order valence-electron chi connectivity index (χ1n) is 5.14. The van der Waals surface area contributed by atoms with E-state index in [9.17, 15) is 0 Å². The van der Waals surface area contributed by atoms with Crippen molar-refractivity contribution in [2.24, 2.45) is 0 Å². The Labute approximate surface area is 111 Å². The molecule has 4 radical (unpaired) electrons. The minimum atomic E-state index is 0. The van der Waals surface area contributed by atoms with Crippen LogP contribution in [0.3, 0.4) is 0 Å². The predicted octanol–water partition coefficient (Wildman–Crippen LogP) is 2.74. The van der Waals surface area contributed by atoms with Gasteiger partial charge in [-0.15, -0.1) is 0 Å². The number of aryl methyl sites for hydroxylation is 1. The molecule has 0 bridgehead atoms. The van der Waals surface area contributed by atoms with Crippen LogP contribution in [-0.2, 0) is 0 Å². The van der Waals surface area contributed by atoms with Crippen LogP contribution in [0.4, 0.5) is 5.69 Å². The van der Waals surface area contributed by atoms with Crippen molar-refractivity contribution < 1.29 is 0 Å². The van der Waals surface area contributed by atoms with Crippen molar-refractivity contribution in [3.05, 3.63) is 28.3 Å². The molecule has 0 amide bonds. The van der Waals surface area contributed by atoms with Crippen molar-refractivity contribution in [1.29, 1.82) is 0 Å². The summed E-state index contributed by atoms with van der Waals surface area (Å²) in [4.78, 5) is 0. The van der Waals surface area contributed by atoms with E-state index in [4.69, 9.17) is 0 Å². The molecule has 1 rings (SSSR count). The first-order chi connectivity index (χ1) is 6.25. The van der Waals surface area contributed by atoms with Crippen LogP contribution >= 0.6 is 0 Å². The molecule has 1 aromatic carbocycles. The molecule has 0 aliphatic heterocycles. The molecule has 15 heavy (non-hydrogen) atoms. The third kappa shape index (κ3) is 2.97. The van der Waals surface area contributed by atoms with Gasteiger partial charge in [-0.1, -0.05) is 0 Å². The van der Waals surface area contributed by atoms with E-state index in [0.29, 0.717) is 0 Å². The molecule has 0 heterocycles. The standard InChI is InChI=1S/C13H22N.Sn/c1-9-8-13(14(5,6)7)12(4)11(3)10(9)2;/h8H,1-7H3;/q+1;. The molecule has 0 saturated carbocycles. The fourth-order valence-corrected chi connectivity index (χ4v) is 1.89. The largest absolute Gasteiger partial charge is 0.298 e. The van der Waals surface area contributed by atoms with Crippen LogP contribution in [0.15, 0.2) is 6.07 Å². The minimum Gasteiger partial charge on any atom is -0.298 e. The molecule has 0 aliphatic rings. The second-order valence-electron chi connectivity index (χ2n) is 5.10. The summed E-state index contributed by atoms with van der Waals surface area (Å²) in [6, 6.07) is 2.32. The third-order valence-corrected chi connectivity index (χ3v) is 3.18. The Kier molecular flexibility index (Phi) is 4.87. The smallest absolute Gasteiger partial charge is 0.135 e. The molecular formula is C13H22NSn+. The molecule has 0 aromatic heterocycles. The van der Waals surface area contributed by atoms with Crippen molar-refractivity contribution in [2.75, 3.05) is 21.1 Å². The van der Waals surface area contributed by atoms with Gasteiger partial charge >= 0.3 is 0 Å².